The van der Waals surface area contributed by atoms with Gasteiger partial charge in [-0.15, -0.1) is 0 Å². The van der Waals surface area contributed by atoms with Crippen LogP contribution in [-0.2, 0) is 4.79 Å². The summed E-state index contributed by atoms with van der Waals surface area (Å²) >= 11 is 0. The third-order valence-electron chi connectivity index (χ3n) is 3.61. The first-order valence-electron chi connectivity index (χ1n) is 6.16. The zero-order chi connectivity index (χ0) is 14.2. The molecule has 1 aromatic carbocycles. The molecule has 2 amide bonds. The average Bonchev–Trinajstić information content (AvgIpc) is 2.67. The molecular weight excluding hydrogens is 242 g/mol. The highest BCUT2D eigenvalue weighted by Gasteiger charge is 2.42. The molecule has 1 atom stereocenters. The van der Waals surface area contributed by atoms with Crippen LogP contribution in [0.15, 0.2) is 29.3 Å². The Hall–Kier alpha value is -2.17. The van der Waals surface area contributed by atoms with Crippen LogP contribution in [0.25, 0.3) is 0 Å². The van der Waals surface area contributed by atoms with E-state index in [1.165, 1.54) is 0 Å². The van der Waals surface area contributed by atoms with Gasteiger partial charge in [0, 0.05) is 5.56 Å². The summed E-state index contributed by atoms with van der Waals surface area (Å²) in [5.41, 5.74) is 5.45. The minimum absolute atomic E-state index is 0.0609. The topological polar surface area (TPSA) is 84.5 Å². The van der Waals surface area contributed by atoms with Crippen LogP contribution in [-0.4, -0.2) is 23.2 Å². The van der Waals surface area contributed by atoms with Gasteiger partial charge in [0.2, 0.25) is 5.91 Å². The number of hydrogen-bond donors (Lipinski definition) is 2. The van der Waals surface area contributed by atoms with Crippen molar-refractivity contribution in [3.63, 3.8) is 0 Å². The van der Waals surface area contributed by atoms with Gasteiger partial charge in [-0.25, -0.2) is 0 Å². The lowest BCUT2D eigenvalue weighted by Crippen LogP contribution is -2.41. The molecular formula is C14H17N3O2. The number of aliphatic imine (C=N–C) groups is 1. The molecule has 0 fully saturated rings. The monoisotopic (exact) mass is 259 g/mol. The Morgan fingerprint density at radius 3 is 2.53 bits per heavy atom. The van der Waals surface area contributed by atoms with Gasteiger partial charge in [-0.05, 0) is 18.9 Å². The molecule has 0 saturated heterocycles. The highest BCUT2D eigenvalue weighted by atomic mass is 16.2. The maximum Gasteiger partial charge on any atom is 0.253 e. The predicted molar refractivity (Wildman–Crippen MR) is 72.9 cm³/mol. The van der Waals surface area contributed by atoms with Crippen LogP contribution in [0.4, 0.5) is 0 Å². The van der Waals surface area contributed by atoms with E-state index >= 15 is 0 Å². The normalized spacial score (nSPS) is 22.3. The maximum atomic E-state index is 12.1. The van der Waals surface area contributed by atoms with Gasteiger partial charge < -0.3 is 11.1 Å². The van der Waals surface area contributed by atoms with Crippen molar-refractivity contribution in [2.75, 3.05) is 0 Å². The van der Waals surface area contributed by atoms with Crippen LogP contribution >= 0.6 is 0 Å². The van der Waals surface area contributed by atoms with Crippen molar-refractivity contribution in [2.24, 2.45) is 16.6 Å². The molecule has 0 saturated carbocycles. The molecule has 0 bridgehead atoms. The Bertz CT molecular complexity index is 578. The van der Waals surface area contributed by atoms with Gasteiger partial charge in [0.25, 0.3) is 5.91 Å². The van der Waals surface area contributed by atoms with E-state index in [1.807, 2.05) is 13.8 Å². The first-order chi connectivity index (χ1) is 8.86. The number of amides is 2. The fourth-order valence-corrected chi connectivity index (χ4v) is 1.97. The number of hydrogen-bond acceptors (Lipinski definition) is 3. The van der Waals surface area contributed by atoms with Crippen LogP contribution in [0.5, 0.6) is 0 Å². The molecule has 100 valence electrons. The van der Waals surface area contributed by atoms with Gasteiger partial charge >= 0.3 is 0 Å². The number of nitrogens with zero attached hydrogens (tertiary/aromatic N) is 1. The number of amidine groups is 1. The standard InChI is InChI=1S/C14H17N3O2/c1-8(2)14(3)13(19)16-12(17-14)10-7-5-4-6-9(10)11(15)18/h4-8H,1-3H3,(H2,15,18)(H,16,17,19). The van der Waals surface area contributed by atoms with E-state index in [-0.39, 0.29) is 11.8 Å². The number of carbonyl (C=O) groups excluding carboxylic acids is 2. The summed E-state index contributed by atoms with van der Waals surface area (Å²) in [4.78, 5) is 27.9. The Morgan fingerprint density at radius 1 is 1.37 bits per heavy atom. The van der Waals surface area contributed by atoms with E-state index in [0.29, 0.717) is 17.0 Å². The predicted octanol–water partition coefficient (Wildman–Crippen LogP) is 1.08. The largest absolute Gasteiger partial charge is 0.366 e. The number of benzene rings is 1. The Labute approximate surface area is 111 Å². The molecule has 0 spiro atoms. The van der Waals surface area contributed by atoms with E-state index in [1.54, 1.807) is 31.2 Å². The molecule has 1 unspecified atom stereocenters. The fourth-order valence-electron chi connectivity index (χ4n) is 1.97. The van der Waals surface area contributed by atoms with Gasteiger partial charge in [-0.3, -0.25) is 14.6 Å². The molecule has 0 aliphatic carbocycles. The summed E-state index contributed by atoms with van der Waals surface area (Å²) in [6.45, 7) is 5.66. The summed E-state index contributed by atoms with van der Waals surface area (Å²) in [6, 6.07) is 6.85. The summed E-state index contributed by atoms with van der Waals surface area (Å²) in [5, 5.41) is 2.74. The highest BCUT2D eigenvalue weighted by molar-refractivity contribution is 6.18. The maximum absolute atomic E-state index is 12.1. The Morgan fingerprint density at radius 2 is 2.00 bits per heavy atom. The van der Waals surface area contributed by atoms with Crippen LogP contribution in [0, 0.1) is 5.92 Å². The van der Waals surface area contributed by atoms with E-state index < -0.39 is 11.4 Å². The third-order valence-corrected chi connectivity index (χ3v) is 3.61. The minimum atomic E-state index is -0.805. The smallest absolute Gasteiger partial charge is 0.253 e. The van der Waals surface area contributed by atoms with E-state index in [9.17, 15) is 9.59 Å². The van der Waals surface area contributed by atoms with E-state index in [0.717, 1.165) is 0 Å². The van der Waals surface area contributed by atoms with E-state index in [2.05, 4.69) is 10.3 Å². The lowest BCUT2D eigenvalue weighted by molar-refractivity contribution is -0.124. The second-order valence-corrected chi connectivity index (χ2v) is 5.13. The number of primary amides is 1. The van der Waals surface area contributed by atoms with Gasteiger partial charge in [0.1, 0.15) is 11.4 Å². The number of carbonyl (C=O) groups is 2. The van der Waals surface area contributed by atoms with Crippen molar-refractivity contribution in [1.29, 1.82) is 0 Å². The SMILES string of the molecule is CC(C)C1(C)N=C(c2ccccc2C(N)=O)NC1=O. The van der Waals surface area contributed by atoms with Crippen LogP contribution in [0.1, 0.15) is 36.7 Å². The quantitative estimate of drug-likeness (QED) is 0.851. The third kappa shape index (κ3) is 2.12. The zero-order valence-electron chi connectivity index (χ0n) is 11.2. The summed E-state index contributed by atoms with van der Waals surface area (Å²) in [5.74, 6) is -0.219. The van der Waals surface area contributed by atoms with Crippen molar-refractivity contribution >= 4 is 17.6 Å². The average molecular weight is 259 g/mol. The lowest BCUT2D eigenvalue weighted by atomic mass is 9.89. The number of nitrogens with two attached hydrogens (primary N) is 1. The Kier molecular flexibility index (Phi) is 3.14. The first kappa shape index (κ1) is 13.3. The van der Waals surface area contributed by atoms with Crippen molar-refractivity contribution < 1.29 is 9.59 Å². The zero-order valence-corrected chi connectivity index (χ0v) is 11.2. The van der Waals surface area contributed by atoms with Crippen LogP contribution < -0.4 is 11.1 Å². The number of nitrogens with one attached hydrogen (secondary N) is 1. The van der Waals surface area contributed by atoms with Gasteiger partial charge in [-0.1, -0.05) is 32.0 Å². The molecule has 5 nitrogen and oxygen atoms in total. The summed E-state index contributed by atoms with van der Waals surface area (Å²) in [6.07, 6.45) is 0. The van der Waals surface area contributed by atoms with Crippen molar-refractivity contribution in [1.82, 2.24) is 5.32 Å². The number of rotatable bonds is 3. The van der Waals surface area contributed by atoms with Gasteiger partial charge in [-0.2, -0.15) is 0 Å². The second-order valence-electron chi connectivity index (χ2n) is 5.13. The van der Waals surface area contributed by atoms with Crippen molar-refractivity contribution in [3.05, 3.63) is 35.4 Å². The Balaban J connectivity index is 2.51. The van der Waals surface area contributed by atoms with Crippen molar-refractivity contribution in [2.45, 2.75) is 26.3 Å². The molecule has 1 aliphatic heterocycles. The van der Waals surface area contributed by atoms with Crippen molar-refractivity contribution in [3.8, 4) is 0 Å². The molecule has 19 heavy (non-hydrogen) atoms. The minimum Gasteiger partial charge on any atom is -0.366 e. The molecule has 0 radical (unpaired) electrons. The van der Waals surface area contributed by atoms with Crippen LogP contribution in [0.3, 0.4) is 0 Å². The molecule has 3 N–H and O–H groups in total. The molecule has 2 rings (SSSR count). The highest BCUT2D eigenvalue weighted by Crippen LogP contribution is 2.27. The fraction of sp³-hybridized carbons (Fsp3) is 0.357. The molecule has 0 aromatic heterocycles. The first-order valence-corrected chi connectivity index (χ1v) is 6.16. The van der Waals surface area contributed by atoms with Gasteiger partial charge in [0.05, 0.1) is 5.56 Å². The summed E-state index contributed by atoms with van der Waals surface area (Å²) < 4.78 is 0. The molecule has 1 heterocycles. The van der Waals surface area contributed by atoms with Gasteiger partial charge in [0.15, 0.2) is 0 Å². The molecule has 1 aliphatic rings. The van der Waals surface area contributed by atoms with Crippen LogP contribution in [0.2, 0.25) is 0 Å². The van der Waals surface area contributed by atoms with E-state index in [4.69, 9.17) is 5.73 Å². The lowest BCUT2D eigenvalue weighted by Gasteiger charge is -2.21. The summed E-state index contributed by atoms with van der Waals surface area (Å²) in [7, 11) is 0. The second kappa shape index (κ2) is 4.50. The molecule has 5 heteroatoms. The molecule has 1 aromatic rings.